The third-order valence-electron chi connectivity index (χ3n) is 2.09. The molecule has 0 aliphatic heterocycles. The first-order valence-electron chi connectivity index (χ1n) is 4.55. The van der Waals surface area contributed by atoms with Gasteiger partial charge in [0.05, 0.1) is 10.7 Å². The summed E-state index contributed by atoms with van der Waals surface area (Å²) >= 11 is 1.48. The second-order valence-electron chi connectivity index (χ2n) is 3.38. The lowest BCUT2D eigenvalue weighted by atomic mass is 10.2. The molecule has 0 radical (unpaired) electrons. The van der Waals surface area contributed by atoms with Crippen LogP contribution in [0, 0.1) is 13.8 Å². The topological polar surface area (TPSA) is 47.8 Å². The highest BCUT2D eigenvalue weighted by atomic mass is 32.1. The van der Waals surface area contributed by atoms with Gasteiger partial charge in [-0.2, -0.15) is 5.10 Å². The molecule has 78 valence electrons. The summed E-state index contributed by atoms with van der Waals surface area (Å²) in [6, 6.07) is 1.77. The molecule has 2 heterocycles. The molecular formula is C10H11N3OS. The van der Waals surface area contributed by atoms with Gasteiger partial charge in [-0.25, -0.2) is 4.98 Å². The van der Waals surface area contributed by atoms with Gasteiger partial charge >= 0.3 is 0 Å². The van der Waals surface area contributed by atoms with E-state index >= 15 is 0 Å². The minimum atomic E-state index is -0.0672. The van der Waals surface area contributed by atoms with E-state index in [1.807, 2.05) is 13.8 Å². The molecule has 2 aromatic rings. The second-order valence-corrected chi connectivity index (χ2v) is 4.44. The van der Waals surface area contributed by atoms with E-state index < -0.39 is 0 Å². The van der Waals surface area contributed by atoms with E-state index in [1.54, 1.807) is 23.2 Å². The van der Waals surface area contributed by atoms with E-state index in [2.05, 4.69) is 10.1 Å². The molecule has 0 spiro atoms. The van der Waals surface area contributed by atoms with Crippen LogP contribution in [0.25, 0.3) is 0 Å². The number of nitrogens with zero attached hydrogens (tertiary/aromatic N) is 3. The first-order valence-corrected chi connectivity index (χ1v) is 5.43. The summed E-state index contributed by atoms with van der Waals surface area (Å²) in [7, 11) is 1.76. The average molecular weight is 221 g/mol. The van der Waals surface area contributed by atoms with Gasteiger partial charge in [-0.1, -0.05) is 0 Å². The Morgan fingerprint density at radius 2 is 2.20 bits per heavy atom. The summed E-state index contributed by atoms with van der Waals surface area (Å²) < 4.78 is 1.59. The number of aryl methyl sites for hydroxylation is 3. The van der Waals surface area contributed by atoms with Crippen molar-refractivity contribution in [3.63, 3.8) is 0 Å². The van der Waals surface area contributed by atoms with Crippen LogP contribution in [0.3, 0.4) is 0 Å². The average Bonchev–Trinajstić information content (AvgIpc) is 2.71. The third kappa shape index (κ3) is 1.83. The van der Waals surface area contributed by atoms with Gasteiger partial charge in [0, 0.05) is 12.4 Å². The van der Waals surface area contributed by atoms with Crippen LogP contribution in [0.4, 0.5) is 0 Å². The maximum absolute atomic E-state index is 12.0. The van der Waals surface area contributed by atoms with Gasteiger partial charge < -0.3 is 0 Å². The highest BCUT2D eigenvalue weighted by Gasteiger charge is 2.16. The van der Waals surface area contributed by atoms with Gasteiger partial charge in [-0.3, -0.25) is 9.48 Å². The van der Waals surface area contributed by atoms with E-state index in [0.717, 1.165) is 10.7 Å². The van der Waals surface area contributed by atoms with Crippen LogP contribution < -0.4 is 0 Å². The Hall–Kier alpha value is -1.49. The summed E-state index contributed by atoms with van der Waals surface area (Å²) in [6.07, 6.45) is 0. The molecule has 0 saturated carbocycles. The fraction of sp³-hybridized carbons (Fsp3) is 0.300. The van der Waals surface area contributed by atoms with E-state index in [1.165, 1.54) is 11.3 Å². The minimum Gasteiger partial charge on any atom is -0.285 e. The van der Waals surface area contributed by atoms with Gasteiger partial charge in [0.1, 0.15) is 11.4 Å². The van der Waals surface area contributed by atoms with Crippen LogP contribution in [-0.4, -0.2) is 20.5 Å². The van der Waals surface area contributed by atoms with Gasteiger partial charge in [0.15, 0.2) is 0 Å². The molecule has 0 amide bonds. The van der Waals surface area contributed by atoms with Crippen molar-refractivity contribution in [2.45, 2.75) is 13.8 Å². The molecule has 0 N–H and O–H groups in total. The van der Waals surface area contributed by atoms with E-state index in [0.29, 0.717) is 11.4 Å². The summed E-state index contributed by atoms with van der Waals surface area (Å²) in [5.74, 6) is -0.0672. The number of hydrogen-bond donors (Lipinski definition) is 0. The molecule has 0 saturated heterocycles. The number of carbonyl (C=O) groups is 1. The monoisotopic (exact) mass is 221 g/mol. The Morgan fingerprint density at radius 3 is 2.67 bits per heavy atom. The van der Waals surface area contributed by atoms with Crippen LogP contribution in [0.15, 0.2) is 11.4 Å². The van der Waals surface area contributed by atoms with Gasteiger partial charge in [0.2, 0.25) is 5.78 Å². The number of aromatic nitrogens is 3. The molecule has 0 fully saturated rings. The van der Waals surface area contributed by atoms with Crippen molar-refractivity contribution in [2.75, 3.05) is 0 Å². The Kier molecular flexibility index (Phi) is 2.40. The highest BCUT2D eigenvalue weighted by Crippen LogP contribution is 2.13. The zero-order valence-electron chi connectivity index (χ0n) is 8.81. The fourth-order valence-electron chi connectivity index (χ4n) is 1.42. The Labute approximate surface area is 91.6 Å². The summed E-state index contributed by atoms with van der Waals surface area (Å²) in [5.41, 5.74) is 1.92. The second kappa shape index (κ2) is 3.58. The van der Waals surface area contributed by atoms with E-state index in [9.17, 15) is 4.79 Å². The molecule has 0 aliphatic carbocycles. The first-order chi connectivity index (χ1) is 7.08. The summed E-state index contributed by atoms with van der Waals surface area (Å²) in [4.78, 5) is 16.1. The predicted molar refractivity (Wildman–Crippen MR) is 58.2 cm³/mol. The molecule has 2 rings (SSSR count). The van der Waals surface area contributed by atoms with E-state index in [-0.39, 0.29) is 5.78 Å². The number of thiazole rings is 1. The molecule has 2 aromatic heterocycles. The molecule has 4 nitrogen and oxygen atoms in total. The number of hydrogen-bond acceptors (Lipinski definition) is 4. The maximum Gasteiger partial charge on any atom is 0.230 e. The maximum atomic E-state index is 12.0. The molecule has 0 bridgehead atoms. The normalized spacial score (nSPS) is 10.6. The lowest BCUT2D eigenvalue weighted by Crippen LogP contribution is -2.08. The van der Waals surface area contributed by atoms with Gasteiger partial charge in [-0.15, -0.1) is 11.3 Å². The molecule has 0 atom stereocenters. The predicted octanol–water partition coefficient (Wildman–Crippen LogP) is 1.72. The van der Waals surface area contributed by atoms with Crippen molar-refractivity contribution in [3.8, 4) is 0 Å². The fourth-order valence-corrected chi connectivity index (χ4v) is 2.02. The number of carbonyl (C=O) groups excluding carboxylic acids is 1. The Balaban J connectivity index is 2.40. The van der Waals surface area contributed by atoms with Crippen molar-refractivity contribution >= 4 is 17.1 Å². The van der Waals surface area contributed by atoms with Crippen molar-refractivity contribution in [1.29, 1.82) is 0 Å². The molecule has 5 heteroatoms. The van der Waals surface area contributed by atoms with Crippen LogP contribution in [0.5, 0.6) is 0 Å². The number of rotatable bonds is 2. The zero-order valence-corrected chi connectivity index (χ0v) is 9.63. The number of ketones is 1. The van der Waals surface area contributed by atoms with Crippen molar-refractivity contribution < 1.29 is 4.79 Å². The van der Waals surface area contributed by atoms with Crippen LogP contribution in [0.2, 0.25) is 0 Å². The first kappa shape index (κ1) is 10.0. The summed E-state index contributed by atoms with van der Waals surface area (Å²) in [6.45, 7) is 3.75. The van der Waals surface area contributed by atoms with Crippen LogP contribution in [-0.2, 0) is 7.05 Å². The molecular weight excluding hydrogens is 210 g/mol. The Morgan fingerprint density at radius 1 is 1.47 bits per heavy atom. The molecule has 0 aromatic carbocycles. The summed E-state index contributed by atoms with van der Waals surface area (Å²) in [5, 5.41) is 6.81. The van der Waals surface area contributed by atoms with Gasteiger partial charge in [0.25, 0.3) is 0 Å². The molecule has 0 aliphatic rings. The highest BCUT2D eigenvalue weighted by molar-refractivity contribution is 7.09. The lowest BCUT2D eigenvalue weighted by molar-refractivity contribution is 0.102. The smallest absolute Gasteiger partial charge is 0.230 e. The van der Waals surface area contributed by atoms with Crippen LogP contribution >= 0.6 is 11.3 Å². The third-order valence-corrected chi connectivity index (χ3v) is 2.86. The van der Waals surface area contributed by atoms with Crippen LogP contribution in [0.1, 0.15) is 26.9 Å². The Bertz CT molecular complexity index is 512. The lowest BCUT2D eigenvalue weighted by Gasteiger charge is -1.96. The quantitative estimate of drug-likeness (QED) is 0.725. The van der Waals surface area contributed by atoms with Crippen molar-refractivity contribution in [1.82, 2.24) is 14.8 Å². The minimum absolute atomic E-state index is 0.0672. The molecule has 15 heavy (non-hydrogen) atoms. The standard InChI is InChI=1S/C10H11N3OS/c1-6-4-9(13(3)12-6)10(14)8-5-15-7(2)11-8/h4-5H,1-3H3. The largest absolute Gasteiger partial charge is 0.285 e. The zero-order chi connectivity index (χ0) is 11.0. The van der Waals surface area contributed by atoms with Crippen molar-refractivity contribution in [2.24, 2.45) is 7.05 Å². The van der Waals surface area contributed by atoms with Crippen molar-refractivity contribution in [3.05, 3.63) is 33.5 Å². The molecule has 0 unspecified atom stereocenters. The van der Waals surface area contributed by atoms with E-state index in [4.69, 9.17) is 0 Å². The van der Waals surface area contributed by atoms with Gasteiger partial charge in [-0.05, 0) is 19.9 Å². The SMILES string of the molecule is Cc1cc(C(=O)c2csc(C)n2)n(C)n1.